The SMILES string of the molecule is CC(=O)c1c(N)cc(N)cc1N. The minimum atomic E-state index is -0.148. The van der Waals surface area contributed by atoms with Crippen LogP contribution in [0.15, 0.2) is 12.1 Å². The first-order chi connectivity index (χ1) is 5.52. The fourth-order valence-corrected chi connectivity index (χ4v) is 1.12. The molecule has 0 bridgehead atoms. The van der Waals surface area contributed by atoms with Crippen molar-refractivity contribution in [2.45, 2.75) is 6.92 Å². The normalized spacial score (nSPS) is 9.75. The van der Waals surface area contributed by atoms with Crippen LogP contribution >= 0.6 is 0 Å². The van der Waals surface area contributed by atoms with Crippen LogP contribution in [-0.2, 0) is 0 Å². The molecule has 12 heavy (non-hydrogen) atoms. The van der Waals surface area contributed by atoms with Crippen molar-refractivity contribution in [1.29, 1.82) is 0 Å². The van der Waals surface area contributed by atoms with Crippen LogP contribution in [0.1, 0.15) is 17.3 Å². The van der Waals surface area contributed by atoms with Crippen LogP contribution in [0.5, 0.6) is 0 Å². The Morgan fingerprint density at radius 3 is 1.92 bits per heavy atom. The van der Waals surface area contributed by atoms with Crippen LogP contribution in [0.4, 0.5) is 17.1 Å². The van der Waals surface area contributed by atoms with Crippen molar-refractivity contribution in [2.75, 3.05) is 17.2 Å². The van der Waals surface area contributed by atoms with E-state index in [0.29, 0.717) is 22.6 Å². The van der Waals surface area contributed by atoms with Gasteiger partial charge in [0, 0.05) is 17.1 Å². The molecular formula is C8H11N3O. The zero-order chi connectivity index (χ0) is 9.30. The molecule has 0 unspecified atom stereocenters. The lowest BCUT2D eigenvalue weighted by Gasteiger charge is -2.06. The largest absolute Gasteiger partial charge is 0.399 e. The molecule has 0 saturated heterocycles. The van der Waals surface area contributed by atoms with Gasteiger partial charge in [0.05, 0.1) is 5.56 Å². The van der Waals surface area contributed by atoms with Crippen molar-refractivity contribution in [3.05, 3.63) is 17.7 Å². The Balaban J connectivity index is 3.38. The molecule has 64 valence electrons. The molecule has 0 amide bonds. The number of carbonyl (C=O) groups is 1. The minimum Gasteiger partial charge on any atom is -0.399 e. The summed E-state index contributed by atoms with van der Waals surface area (Å²) in [5, 5.41) is 0. The average Bonchev–Trinajstić information content (AvgIpc) is 1.82. The van der Waals surface area contributed by atoms with E-state index in [0.717, 1.165) is 0 Å². The molecule has 0 heterocycles. The van der Waals surface area contributed by atoms with E-state index in [4.69, 9.17) is 17.2 Å². The van der Waals surface area contributed by atoms with E-state index in [1.165, 1.54) is 19.1 Å². The van der Waals surface area contributed by atoms with Gasteiger partial charge in [-0.2, -0.15) is 0 Å². The number of hydrogen-bond acceptors (Lipinski definition) is 4. The summed E-state index contributed by atoms with van der Waals surface area (Å²) in [5.74, 6) is -0.148. The fourth-order valence-electron chi connectivity index (χ4n) is 1.12. The maximum Gasteiger partial charge on any atom is 0.163 e. The first-order valence-electron chi connectivity index (χ1n) is 3.47. The molecule has 1 aromatic carbocycles. The smallest absolute Gasteiger partial charge is 0.163 e. The average molecular weight is 165 g/mol. The van der Waals surface area contributed by atoms with E-state index in [-0.39, 0.29) is 5.78 Å². The number of ketones is 1. The summed E-state index contributed by atoms with van der Waals surface area (Å²) >= 11 is 0. The fraction of sp³-hybridized carbons (Fsp3) is 0.125. The number of anilines is 3. The van der Waals surface area contributed by atoms with E-state index >= 15 is 0 Å². The Hall–Kier alpha value is -1.71. The van der Waals surface area contributed by atoms with Gasteiger partial charge in [0.15, 0.2) is 5.78 Å². The predicted octanol–water partition coefficient (Wildman–Crippen LogP) is 0.636. The number of nitrogen functional groups attached to an aromatic ring is 3. The summed E-state index contributed by atoms with van der Waals surface area (Å²) in [4.78, 5) is 11.0. The van der Waals surface area contributed by atoms with Gasteiger partial charge < -0.3 is 17.2 Å². The van der Waals surface area contributed by atoms with Crippen LogP contribution in [0.2, 0.25) is 0 Å². The molecule has 0 aromatic heterocycles. The summed E-state index contributed by atoms with van der Waals surface area (Å²) in [6.45, 7) is 1.41. The molecule has 1 aromatic rings. The van der Waals surface area contributed by atoms with Gasteiger partial charge in [-0.05, 0) is 19.1 Å². The topological polar surface area (TPSA) is 95.1 Å². The molecule has 4 heteroatoms. The summed E-state index contributed by atoms with van der Waals surface area (Å²) in [6.07, 6.45) is 0. The molecule has 0 aliphatic carbocycles. The Kier molecular flexibility index (Phi) is 1.91. The van der Waals surface area contributed by atoms with Crippen molar-refractivity contribution in [3.8, 4) is 0 Å². The third-order valence-corrected chi connectivity index (χ3v) is 1.57. The summed E-state index contributed by atoms with van der Waals surface area (Å²) in [7, 11) is 0. The third-order valence-electron chi connectivity index (χ3n) is 1.57. The van der Waals surface area contributed by atoms with Crippen molar-refractivity contribution in [2.24, 2.45) is 0 Å². The van der Waals surface area contributed by atoms with Gasteiger partial charge in [-0.25, -0.2) is 0 Å². The molecule has 0 radical (unpaired) electrons. The van der Waals surface area contributed by atoms with Gasteiger partial charge >= 0.3 is 0 Å². The quantitative estimate of drug-likeness (QED) is 0.420. The number of rotatable bonds is 1. The van der Waals surface area contributed by atoms with Crippen LogP contribution < -0.4 is 17.2 Å². The van der Waals surface area contributed by atoms with Crippen LogP contribution in [-0.4, -0.2) is 5.78 Å². The molecule has 0 aliphatic heterocycles. The second-order valence-electron chi connectivity index (χ2n) is 2.63. The Morgan fingerprint density at radius 2 is 1.58 bits per heavy atom. The molecule has 0 fully saturated rings. The lowest BCUT2D eigenvalue weighted by molar-refractivity contribution is 0.101. The van der Waals surface area contributed by atoms with Crippen LogP contribution in [0, 0.1) is 0 Å². The van der Waals surface area contributed by atoms with Crippen molar-refractivity contribution in [3.63, 3.8) is 0 Å². The van der Waals surface area contributed by atoms with E-state index in [2.05, 4.69) is 0 Å². The highest BCUT2D eigenvalue weighted by atomic mass is 16.1. The third kappa shape index (κ3) is 1.32. The zero-order valence-electron chi connectivity index (χ0n) is 6.79. The highest BCUT2D eigenvalue weighted by Crippen LogP contribution is 2.23. The lowest BCUT2D eigenvalue weighted by Crippen LogP contribution is -2.05. The van der Waals surface area contributed by atoms with Crippen molar-refractivity contribution in [1.82, 2.24) is 0 Å². The molecule has 0 aliphatic rings. The number of benzene rings is 1. The number of Topliss-reactive ketones (excluding diaryl/α,β-unsaturated/α-hetero) is 1. The maximum atomic E-state index is 11.0. The summed E-state index contributed by atoms with van der Waals surface area (Å²) in [6, 6.07) is 3.04. The second kappa shape index (κ2) is 2.73. The lowest BCUT2D eigenvalue weighted by atomic mass is 10.1. The number of carbonyl (C=O) groups excluding carboxylic acids is 1. The molecule has 0 atom stereocenters. The van der Waals surface area contributed by atoms with Gasteiger partial charge in [0.1, 0.15) is 0 Å². The van der Waals surface area contributed by atoms with Gasteiger partial charge in [0.2, 0.25) is 0 Å². The number of hydrogen-bond donors (Lipinski definition) is 3. The van der Waals surface area contributed by atoms with Gasteiger partial charge in [0.25, 0.3) is 0 Å². The first-order valence-corrected chi connectivity index (χ1v) is 3.47. The van der Waals surface area contributed by atoms with E-state index in [1.54, 1.807) is 0 Å². The Morgan fingerprint density at radius 1 is 1.17 bits per heavy atom. The number of nitrogens with two attached hydrogens (primary N) is 3. The summed E-state index contributed by atoms with van der Waals surface area (Å²) in [5.41, 5.74) is 18.0. The van der Waals surface area contributed by atoms with Gasteiger partial charge in [-0.1, -0.05) is 0 Å². The highest BCUT2D eigenvalue weighted by molar-refractivity contribution is 6.04. The highest BCUT2D eigenvalue weighted by Gasteiger charge is 2.09. The molecule has 0 spiro atoms. The van der Waals surface area contributed by atoms with Gasteiger partial charge in [-0.3, -0.25) is 4.79 Å². The molecule has 6 N–H and O–H groups in total. The van der Waals surface area contributed by atoms with E-state index in [9.17, 15) is 4.79 Å². The molecular weight excluding hydrogens is 154 g/mol. The standard InChI is InChI=1S/C8H11N3O/c1-4(12)8-6(10)2-5(9)3-7(8)11/h2-3H,9-11H2,1H3. The zero-order valence-corrected chi connectivity index (χ0v) is 6.79. The molecule has 1 rings (SSSR count). The van der Waals surface area contributed by atoms with Gasteiger partial charge in [-0.15, -0.1) is 0 Å². The Labute approximate surface area is 70.3 Å². The van der Waals surface area contributed by atoms with E-state index < -0.39 is 0 Å². The van der Waals surface area contributed by atoms with Crippen molar-refractivity contribution >= 4 is 22.8 Å². The first kappa shape index (κ1) is 8.39. The van der Waals surface area contributed by atoms with E-state index in [1.807, 2.05) is 0 Å². The van der Waals surface area contributed by atoms with Crippen LogP contribution in [0.25, 0.3) is 0 Å². The summed E-state index contributed by atoms with van der Waals surface area (Å²) < 4.78 is 0. The van der Waals surface area contributed by atoms with Crippen LogP contribution in [0.3, 0.4) is 0 Å². The Bertz CT molecular complexity index is 310. The molecule has 4 nitrogen and oxygen atoms in total. The second-order valence-corrected chi connectivity index (χ2v) is 2.63. The van der Waals surface area contributed by atoms with Crippen molar-refractivity contribution < 1.29 is 4.79 Å². The molecule has 0 saturated carbocycles. The maximum absolute atomic E-state index is 11.0. The minimum absolute atomic E-state index is 0.148. The predicted molar refractivity (Wildman–Crippen MR) is 49.7 cm³/mol. The monoisotopic (exact) mass is 165 g/mol.